The molecule has 0 bridgehead atoms. The van der Waals surface area contributed by atoms with Crippen LogP contribution >= 0.6 is 0 Å². The summed E-state index contributed by atoms with van der Waals surface area (Å²) in [6, 6.07) is 27.5. The second-order valence-corrected chi connectivity index (χ2v) is 9.34. The molecule has 0 N–H and O–H groups in total. The second-order valence-electron chi connectivity index (χ2n) is 9.34. The van der Waals surface area contributed by atoms with E-state index < -0.39 is 0 Å². The third-order valence-electron chi connectivity index (χ3n) is 7.39. The van der Waals surface area contributed by atoms with Gasteiger partial charge in [-0.1, -0.05) is 107 Å². The summed E-state index contributed by atoms with van der Waals surface area (Å²) >= 11 is 0. The fraction of sp³-hybridized carbons (Fsp3) is 0.188. The largest absolute Gasteiger partial charge is 0.0795 e. The van der Waals surface area contributed by atoms with E-state index in [-0.39, 0.29) is 5.41 Å². The van der Waals surface area contributed by atoms with Gasteiger partial charge in [-0.25, -0.2) is 0 Å². The first-order chi connectivity index (χ1) is 15.6. The maximum absolute atomic E-state index is 2.51. The van der Waals surface area contributed by atoms with Crippen LogP contribution in [0.3, 0.4) is 0 Å². The predicted octanol–water partition coefficient (Wildman–Crippen LogP) is 9.05. The van der Waals surface area contributed by atoms with Crippen molar-refractivity contribution in [3.05, 3.63) is 101 Å². The highest BCUT2D eigenvalue weighted by atomic mass is 14.4. The van der Waals surface area contributed by atoms with Crippen LogP contribution in [0.5, 0.6) is 0 Å². The first-order valence-electron chi connectivity index (χ1n) is 11.9. The minimum absolute atomic E-state index is 0.0356. The smallest absolute Gasteiger partial charge is 0.0159 e. The van der Waals surface area contributed by atoms with E-state index in [9.17, 15) is 0 Å². The van der Waals surface area contributed by atoms with E-state index in [1.807, 2.05) is 13.8 Å². The van der Waals surface area contributed by atoms with Crippen molar-refractivity contribution in [2.24, 2.45) is 0 Å². The van der Waals surface area contributed by atoms with E-state index in [0.29, 0.717) is 0 Å². The molecule has 0 nitrogen and oxygen atoms in total. The standard InChI is InChI=1S/C30H22.C2H6/c1-30(2)24-15-7-12-20-16-19-8-3-4-13-22(19)29(27(20)24)28-23-14-6-10-18-9-5-11-21(26(18)23)17-25(28)30;1-2/h3-10,12-17H,11H2,1-2H3;1-2H3. The van der Waals surface area contributed by atoms with Crippen molar-refractivity contribution < 1.29 is 0 Å². The molecule has 156 valence electrons. The lowest BCUT2D eigenvalue weighted by Crippen LogP contribution is -2.24. The summed E-state index contributed by atoms with van der Waals surface area (Å²) in [6.45, 7) is 8.81. The van der Waals surface area contributed by atoms with Gasteiger partial charge in [-0.05, 0) is 78.2 Å². The van der Waals surface area contributed by atoms with Crippen molar-refractivity contribution in [3.63, 3.8) is 0 Å². The Kier molecular flexibility index (Phi) is 4.11. The van der Waals surface area contributed by atoms with E-state index in [0.717, 1.165) is 6.42 Å². The number of hydrogen-bond donors (Lipinski definition) is 0. The monoisotopic (exact) mass is 412 g/mol. The van der Waals surface area contributed by atoms with Crippen LogP contribution in [0, 0.1) is 0 Å². The minimum Gasteiger partial charge on any atom is -0.0795 e. The SMILES string of the molecule is CC.CC1(C)c2cc3c4c(cccc4c2-c2c4ccccc4cc4cccc1c24)C=CC3. The Labute approximate surface area is 190 Å². The number of benzene rings is 5. The second kappa shape index (κ2) is 6.81. The highest BCUT2D eigenvalue weighted by molar-refractivity contribution is 6.21. The third-order valence-corrected chi connectivity index (χ3v) is 7.39. The molecule has 2 aliphatic carbocycles. The number of hydrogen-bond acceptors (Lipinski definition) is 0. The van der Waals surface area contributed by atoms with Gasteiger partial charge in [-0.2, -0.15) is 0 Å². The highest BCUT2D eigenvalue weighted by Gasteiger charge is 2.36. The van der Waals surface area contributed by atoms with E-state index in [1.165, 1.54) is 65.7 Å². The fourth-order valence-electron chi connectivity index (χ4n) is 6.02. The lowest BCUT2D eigenvalue weighted by molar-refractivity contribution is 0.645. The molecular formula is C32H28. The van der Waals surface area contributed by atoms with Gasteiger partial charge in [-0.3, -0.25) is 0 Å². The van der Waals surface area contributed by atoms with Gasteiger partial charge in [0.25, 0.3) is 0 Å². The van der Waals surface area contributed by atoms with Gasteiger partial charge >= 0.3 is 0 Å². The highest BCUT2D eigenvalue weighted by Crippen LogP contribution is 2.54. The summed E-state index contributed by atoms with van der Waals surface area (Å²) in [5.41, 5.74) is 8.56. The first kappa shape index (κ1) is 19.3. The molecule has 7 rings (SSSR count). The fourth-order valence-corrected chi connectivity index (χ4v) is 6.02. The predicted molar refractivity (Wildman–Crippen MR) is 141 cm³/mol. The molecule has 0 heteroatoms. The molecule has 0 saturated heterocycles. The molecule has 0 atom stereocenters. The van der Waals surface area contributed by atoms with Gasteiger partial charge in [0.05, 0.1) is 0 Å². The Bertz CT molecular complexity index is 1580. The summed E-state index contributed by atoms with van der Waals surface area (Å²) in [4.78, 5) is 0. The van der Waals surface area contributed by atoms with Crippen LogP contribution in [0.15, 0.2) is 78.9 Å². The van der Waals surface area contributed by atoms with Gasteiger partial charge in [0.15, 0.2) is 0 Å². The van der Waals surface area contributed by atoms with Crippen LogP contribution in [0.25, 0.3) is 49.5 Å². The molecule has 5 aromatic rings. The Morgan fingerprint density at radius 2 is 1.41 bits per heavy atom. The summed E-state index contributed by atoms with van der Waals surface area (Å²) in [6.07, 6.45) is 5.62. The summed E-state index contributed by atoms with van der Waals surface area (Å²) < 4.78 is 0. The molecule has 5 aromatic carbocycles. The number of rotatable bonds is 0. The Hall–Kier alpha value is -3.38. The number of fused-ring (bicyclic) bond motifs is 5. The van der Waals surface area contributed by atoms with E-state index >= 15 is 0 Å². The summed E-state index contributed by atoms with van der Waals surface area (Å²) in [5, 5.41) is 8.31. The maximum atomic E-state index is 2.51. The normalized spacial score (nSPS) is 14.9. The van der Waals surface area contributed by atoms with Crippen LogP contribution in [-0.4, -0.2) is 0 Å². The molecule has 0 heterocycles. The summed E-state index contributed by atoms with van der Waals surface area (Å²) in [5.74, 6) is 0. The Morgan fingerprint density at radius 3 is 2.28 bits per heavy atom. The maximum Gasteiger partial charge on any atom is 0.0159 e. The number of allylic oxidation sites excluding steroid dienone is 1. The van der Waals surface area contributed by atoms with Crippen molar-refractivity contribution in [3.8, 4) is 11.1 Å². The van der Waals surface area contributed by atoms with Crippen molar-refractivity contribution in [1.29, 1.82) is 0 Å². The molecule has 0 aromatic heterocycles. The van der Waals surface area contributed by atoms with Gasteiger partial charge in [0.2, 0.25) is 0 Å². The average molecular weight is 413 g/mol. The van der Waals surface area contributed by atoms with Crippen LogP contribution in [0.2, 0.25) is 0 Å². The molecule has 0 unspecified atom stereocenters. The molecule has 0 spiro atoms. The van der Waals surface area contributed by atoms with Crippen LogP contribution in [-0.2, 0) is 11.8 Å². The summed E-state index contributed by atoms with van der Waals surface area (Å²) in [7, 11) is 0. The molecule has 32 heavy (non-hydrogen) atoms. The zero-order valence-corrected chi connectivity index (χ0v) is 19.3. The molecule has 0 fully saturated rings. The van der Waals surface area contributed by atoms with E-state index in [2.05, 4.69) is 98.8 Å². The molecule has 0 radical (unpaired) electrons. The van der Waals surface area contributed by atoms with Crippen molar-refractivity contribution in [2.45, 2.75) is 39.5 Å². The Morgan fingerprint density at radius 1 is 0.656 bits per heavy atom. The molecule has 0 aliphatic heterocycles. The average Bonchev–Trinajstić information content (AvgIpc) is 2.83. The topological polar surface area (TPSA) is 0 Å². The van der Waals surface area contributed by atoms with Crippen molar-refractivity contribution in [1.82, 2.24) is 0 Å². The van der Waals surface area contributed by atoms with Gasteiger partial charge in [0, 0.05) is 5.41 Å². The van der Waals surface area contributed by atoms with Crippen LogP contribution < -0.4 is 0 Å². The van der Waals surface area contributed by atoms with Crippen LogP contribution in [0.1, 0.15) is 49.9 Å². The molecule has 0 saturated carbocycles. The van der Waals surface area contributed by atoms with E-state index in [4.69, 9.17) is 0 Å². The molecular weight excluding hydrogens is 384 g/mol. The zero-order valence-electron chi connectivity index (χ0n) is 19.3. The van der Waals surface area contributed by atoms with Crippen molar-refractivity contribution >= 4 is 38.4 Å². The van der Waals surface area contributed by atoms with Crippen LogP contribution in [0.4, 0.5) is 0 Å². The van der Waals surface area contributed by atoms with E-state index in [1.54, 1.807) is 0 Å². The minimum atomic E-state index is -0.0356. The quantitative estimate of drug-likeness (QED) is 0.223. The first-order valence-corrected chi connectivity index (χ1v) is 11.9. The van der Waals surface area contributed by atoms with Gasteiger partial charge in [0.1, 0.15) is 0 Å². The molecule has 2 aliphatic rings. The lowest BCUT2D eigenvalue weighted by atomic mass is 9.66. The zero-order chi connectivity index (χ0) is 22.0. The molecule has 0 amide bonds. The Balaban J connectivity index is 0.000000953. The van der Waals surface area contributed by atoms with Crippen molar-refractivity contribution in [2.75, 3.05) is 0 Å². The van der Waals surface area contributed by atoms with Gasteiger partial charge in [-0.15, -0.1) is 0 Å². The lowest BCUT2D eigenvalue weighted by Gasteiger charge is -2.37. The third kappa shape index (κ3) is 2.38. The van der Waals surface area contributed by atoms with Gasteiger partial charge < -0.3 is 0 Å².